The molecule has 0 unspecified atom stereocenters. The van der Waals surface area contributed by atoms with Gasteiger partial charge in [-0.1, -0.05) is 0 Å². The fourth-order valence-electron chi connectivity index (χ4n) is 1.95. The molecule has 0 saturated carbocycles. The highest BCUT2D eigenvalue weighted by atomic mass is 19.4. The van der Waals surface area contributed by atoms with E-state index in [0.717, 1.165) is 24.4 Å². The summed E-state index contributed by atoms with van der Waals surface area (Å²) in [5.41, 5.74) is -1.19. The summed E-state index contributed by atoms with van der Waals surface area (Å²) in [6, 6.07) is 2.80. The molecule has 0 radical (unpaired) electrons. The van der Waals surface area contributed by atoms with E-state index >= 15 is 0 Å². The number of nitro groups is 1. The third-order valence-electron chi connectivity index (χ3n) is 3.00. The molecule has 146 valence electrons. The Morgan fingerprint density at radius 1 is 1.22 bits per heavy atom. The van der Waals surface area contributed by atoms with E-state index in [1.165, 1.54) is 13.8 Å². The molecule has 1 N–H and O–H groups in total. The Bertz CT molecular complexity index is 796. The number of non-ortho nitro benzene ring substituents is 1. The van der Waals surface area contributed by atoms with Crippen molar-refractivity contribution in [2.75, 3.05) is 11.9 Å². The van der Waals surface area contributed by atoms with Crippen LogP contribution in [-0.2, 0) is 19.1 Å². The number of ether oxygens (including phenoxy) is 3. The van der Waals surface area contributed by atoms with Crippen LogP contribution in [0.5, 0.6) is 5.75 Å². The minimum absolute atomic E-state index is 0.0979. The van der Waals surface area contributed by atoms with E-state index in [2.05, 4.69) is 10.1 Å². The molecule has 0 aromatic heterocycles. The largest absolute Gasteiger partial charge is 0.484 e. The summed E-state index contributed by atoms with van der Waals surface area (Å²) in [7, 11) is 0. The van der Waals surface area contributed by atoms with Gasteiger partial charge in [-0.25, -0.2) is 9.59 Å². The second-order valence-electron chi connectivity index (χ2n) is 5.76. The number of nitrogens with zero attached hydrogens (tertiary/aromatic N) is 1. The van der Waals surface area contributed by atoms with E-state index in [0.29, 0.717) is 0 Å². The Morgan fingerprint density at radius 3 is 2.33 bits per heavy atom. The van der Waals surface area contributed by atoms with Gasteiger partial charge in [0.25, 0.3) is 11.5 Å². The normalized spacial score (nSPS) is 16.3. The van der Waals surface area contributed by atoms with Crippen molar-refractivity contribution >= 4 is 23.3 Å². The zero-order valence-electron chi connectivity index (χ0n) is 14.0. The molecule has 12 heteroatoms. The standard InChI is InChI=1S/C15H13F3N2O7/c1-14(2)26-12(21)11(13(22)27-14)6-19-8-3-9(20(23)24)5-10(4-8)25-7-15(16,17)18/h3-6,19H,7H2,1-2H3. The van der Waals surface area contributed by atoms with Crippen molar-refractivity contribution in [2.45, 2.75) is 25.8 Å². The van der Waals surface area contributed by atoms with Crippen molar-refractivity contribution in [2.24, 2.45) is 0 Å². The van der Waals surface area contributed by atoms with Gasteiger partial charge in [0, 0.05) is 37.9 Å². The number of rotatable bonds is 5. The van der Waals surface area contributed by atoms with Crippen LogP contribution in [0.25, 0.3) is 0 Å². The zero-order chi connectivity index (χ0) is 20.4. The molecule has 1 saturated heterocycles. The number of cyclic esters (lactones) is 2. The molecule has 0 amide bonds. The number of nitro benzene ring substituents is 1. The lowest BCUT2D eigenvalue weighted by molar-refractivity contribution is -0.384. The van der Waals surface area contributed by atoms with Gasteiger partial charge in [0.15, 0.2) is 12.2 Å². The number of anilines is 1. The van der Waals surface area contributed by atoms with Gasteiger partial charge in [0.2, 0.25) is 0 Å². The monoisotopic (exact) mass is 390 g/mol. The predicted molar refractivity (Wildman–Crippen MR) is 82.6 cm³/mol. The van der Waals surface area contributed by atoms with Crippen LogP contribution in [0.4, 0.5) is 24.5 Å². The molecular weight excluding hydrogens is 377 g/mol. The van der Waals surface area contributed by atoms with Crippen molar-refractivity contribution in [3.8, 4) is 5.75 Å². The van der Waals surface area contributed by atoms with E-state index in [1.54, 1.807) is 0 Å². The van der Waals surface area contributed by atoms with Crippen LogP contribution in [0.15, 0.2) is 30.0 Å². The Labute approximate surface area is 149 Å². The number of benzene rings is 1. The molecule has 1 fully saturated rings. The molecule has 1 aliphatic heterocycles. The van der Waals surface area contributed by atoms with Gasteiger partial charge in [-0.3, -0.25) is 10.1 Å². The number of esters is 2. The van der Waals surface area contributed by atoms with Crippen LogP contribution >= 0.6 is 0 Å². The summed E-state index contributed by atoms with van der Waals surface area (Å²) in [4.78, 5) is 33.7. The van der Waals surface area contributed by atoms with Crippen LogP contribution < -0.4 is 10.1 Å². The molecule has 1 aliphatic rings. The highest BCUT2D eigenvalue weighted by Crippen LogP contribution is 2.28. The van der Waals surface area contributed by atoms with Gasteiger partial charge in [-0.05, 0) is 0 Å². The first kappa shape index (κ1) is 20.0. The van der Waals surface area contributed by atoms with Crippen molar-refractivity contribution in [3.05, 3.63) is 40.1 Å². The molecule has 9 nitrogen and oxygen atoms in total. The molecule has 27 heavy (non-hydrogen) atoms. The molecule has 0 atom stereocenters. The number of hydrogen-bond acceptors (Lipinski definition) is 8. The minimum atomic E-state index is -4.64. The van der Waals surface area contributed by atoms with E-state index in [9.17, 15) is 32.9 Å². The second kappa shape index (κ2) is 7.13. The fourth-order valence-corrected chi connectivity index (χ4v) is 1.95. The van der Waals surface area contributed by atoms with E-state index in [-0.39, 0.29) is 5.69 Å². The Balaban J connectivity index is 2.24. The van der Waals surface area contributed by atoms with Gasteiger partial charge >= 0.3 is 18.1 Å². The van der Waals surface area contributed by atoms with Crippen LogP contribution in [0, 0.1) is 10.1 Å². The number of nitrogens with one attached hydrogen (secondary N) is 1. The first-order chi connectivity index (χ1) is 12.4. The molecule has 0 spiro atoms. The molecule has 1 heterocycles. The average molecular weight is 390 g/mol. The molecule has 2 rings (SSSR count). The maximum atomic E-state index is 12.3. The minimum Gasteiger partial charge on any atom is -0.484 e. The summed E-state index contributed by atoms with van der Waals surface area (Å²) < 4.78 is 51.0. The maximum absolute atomic E-state index is 12.3. The topological polar surface area (TPSA) is 117 Å². The molecule has 1 aromatic rings. The van der Waals surface area contributed by atoms with Crippen molar-refractivity contribution < 1.29 is 41.9 Å². The van der Waals surface area contributed by atoms with Gasteiger partial charge < -0.3 is 19.5 Å². The van der Waals surface area contributed by atoms with E-state index < -0.39 is 52.4 Å². The fraction of sp³-hybridized carbons (Fsp3) is 0.333. The SMILES string of the molecule is CC1(C)OC(=O)C(=CNc2cc(OCC(F)(F)F)cc([N+](=O)[O-])c2)C(=O)O1. The number of hydrogen-bond donors (Lipinski definition) is 1. The molecule has 1 aromatic carbocycles. The molecule has 0 aliphatic carbocycles. The van der Waals surface area contributed by atoms with Crippen LogP contribution in [-0.4, -0.2) is 35.4 Å². The summed E-state index contributed by atoms with van der Waals surface area (Å²) >= 11 is 0. The highest BCUT2D eigenvalue weighted by molar-refractivity contribution is 6.15. The first-order valence-corrected chi connectivity index (χ1v) is 7.29. The van der Waals surface area contributed by atoms with Crippen molar-refractivity contribution in [1.82, 2.24) is 0 Å². The number of halogens is 3. The first-order valence-electron chi connectivity index (χ1n) is 7.29. The Kier molecular flexibility index (Phi) is 5.28. The lowest BCUT2D eigenvalue weighted by Crippen LogP contribution is -2.42. The summed E-state index contributed by atoms with van der Waals surface area (Å²) in [5, 5.41) is 13.3. The van der Waals surface area contributed by atoms with E-state index in [1.807, 2.05) is 0 Å². The van der Waals surface area contributed by atoms with Crippen LogP contribution in [0.2, 0.25) is 0 Å². The number of carbonyl (C=O) groups excluding carboxylic acids is 2. The average Bonchev–Trinajstić information content (AvgIpc) is 2.50. The van der Waals surface area contributed by atoms with Gasteiger partial charge in [0.1, 0.15) is 5.75 Å². The summed E-state index contributed by atoms with van der Waals surface area (Å²) in [6.07, 6.45) is -3.77. The van der Waals surface area contributed by atoms with Gasteiger partial charge in [-0.15, -0.1) is 0 Å². The van der Waals surface area contributed by atoms with Crippen LogP contribution in [0.1, 0.15) is 13.8 Å². The van der Waals surface area contributed by atoms with Crippen LogP contribution in [0.3, 0.4) is 0 Å². The smallest absolute Gasteiger partial charge is 0.422 e. The molecule has 0 bridgehead atoms. The number of alkyl halides is 3. The van der Waals surface area contributed by atoms with Gasteiger partial charge in [-0.2, -0.15) is 13.2 Å². The quantitative estimate of drug-likeness (QED) is 0.268. The summed E-state index contributed by atoms with van der Waals surface area (Å²) in [5.74, 6) is -3.88. The lowest BCUT2D eigenvalue weighted by Gasteiger charge is -2.29. The third-order valence-corrected chi connectivity index (χ3v) is 3.00. The van der Waals surface area contributed by atoms with Crippen molar-refractivity contribution in [1.29, 1.82) is 0 Å². The zero-order valence-corrected chi connectivity index (χ0v) is 14.0. The van der Waals surface area contributed by atoms with Crippen molar-refractivity contribution in [3.63, 3.8) is 0 Å². The van der Waals surface area contributed by atoms with Gasteiger partial charge in [0.05, 0.1) is 11.0 Å². The number of carbonyl (C=O) groups is 2. The maximum Gasteiger partial charge on any atom is 0.422 e. The predicted octanol–water partition coefficient (Wildman–Crippen LogP) is 2.67. The highest BCUT2D eigenvalue weighted by Gasteiger charge is 2.39. The van der Waals surface area contributed by atoms with E-state index in [4.69, 9.17) is 9.47 Å². The Morgan fingerprint density at radius 2 is 1.81 bits per heavy atom. The molecular formula is C15H13F3N2O7. The second-order valence-corrected chi connectivity index (χ2v) is 5.76. The summed E-state index contributed by atoms with van der Waals surface area (Å²) in [6.45, 7) is 1.04. The lowest BCUT2D eigenvalue weighted by atomic mass is 10.2. The Hall–Kier alpha value is -3.31. The third kappa shape index (κ3) is 5.59.